The van der Waals surface area contributed by atoms with Gasteiger partial charge in [0.15, 0.2) is 0 Å². The van der Waals surface area contributed by atoms with Gasteiger partial charge in [-0.3, -0.25) is 4.79 Å². The smallest absolute Gasteiger partial charge is 0.305 e. The molecule has 0 aromatic rings. The highest BCUT2D eigenvalue weighted by Gasteiger charge is 1.99. The number of sulfonamides is 1. The van der Waals surface area contributed by atoms with E-state index in [1.165, 1.54) is 0 Å². The Labute approximate surface area is 202 Å². The molecule has 0 aliphatic carbocycles. The largest absolute Gasteiger partial charge is 0.481 e. The van der Waals surface area contributed by atoms with Gasteiger partial charge in [0.05, 0.1) is 118 Å². The topological polar surface area (TPSA) is 157 Å². The molecule has 0 fully saturated rings. The zero-order valence-corrected chi connectivity index (χ0v) is 20.9. The summed E-state index contributed by atoms with van der Waals surface area (Å²) in [6, 6.07) is 0. The van der Waals surface area contributed by atoms with Crippen molar-refractivity contribution < 1.29 is 56.2 Å². The molecule has 0 saturated carbocycles. The fourth-order valence-corrected chi connectivity index (χ4v) is 2.55. The Bertz CT molecular complexity index is 550. The molecule has 0 saturated heterocycles. The summed E-state index contributed by atoms with van der Waals surface area (Å²) in [6.07, 6.45) is 1.09. The van der Waals surface area contributed by atoms with Crippen molar-refractivity contribution in [3.63, 3.8) is 0 Å². The molecule has 0 unspecified atom stereocenters. The van der Waals surface area contributed by atoms with Crippen LogP contribution in [0.15, 0.2) is 0 Å². The second-order valence-electron chi connectivity index (χ2n) is 6.71. The molecule has 0 heterocycles. The van der Waals surface area contributed by atoms with E-state index in [0.29, 0.717) is 99.1 Å². The van der Waals surface area contributed by atoms with Crippen LogP contribution in [-0.4, -0.2) is 138 Å². The van der Waals surface area contributed by atoms with Gasteiger partial charge in [-0.05, 0) is 0 Å². The van der Waals surface area contributed by atoms with Crippen LogP contribution < -0.4 is 4.72 Å². The lowest BCUT2D eigenvalue weighted by molar-refractivity contribution is -0.138. The van der Waals surface area contributed by atoms with Gasteiger partial charge in [0, 0.05) is 6.54 Å². The Morgan fingerprint density at radius 3 is 1.09 bits per heavy atom. The molecule has 34 heavy (non-hydrogen) atoms. The first kappa shape index (κ1) is 33.1. The fraction of sp³-hybridized carbons (Fsp3) is 0.950. The Kier molecular flexibility index (Phi) is 24.5. The summed E-state index contributed by atoms with van der Waals surface area (Å²) in [5.41, 5.74) is 0. The molecule has 14 heteroatoms. The minimum Gasteiger partial charge on any atom is -0.481 e. The van der Waals surface area contributed by atoms with Crippen molar-refractivity contribution in [1.29, 1.82) is 0 Å². The quantitative estimate of drug-likeness (QED) is 0.124. The summed E-state index contributed by atoms with van der Waals surface area (Å²) >= 11 is 0. The molecule has 13 nitrogen and oxygen atoms in total. The lowest BCUT2D eigenvalue weighted by Crippen LogP contribution is -2.26. The van der Waals surface area contributed by atoms with Crippen molar-refractivity contribution in [2.75, 3.05) is 119 Å². The van der Waals surface area contributed by atoms with Gasteiger partial charge in [0.2, 0.25) is 10.0 Å². The van der Waals surface area contributed by atoms with Crippen molar-refractivity contribution >= 4 is 16.0 Å². The monoisotopic (exact) mass is 519 g/mol. The second-order valence-corrected chi connectivity index (χ2v) is 8.54. The van der Waals surface area contributed by atoms with Gasteiger partial charge < -0.3 is 43.0 Å². The first-order chi connectivity index (χ1) is 16.4. The van der Waals surface area contributed by atoms with E-state index in [-0.39, 0.29) is 19.6 Å². The number of ether oxygens (including phenoxy) is 8. The van der Waals surface area contributed by atoms with E-state index in [1.807, 2.05) is 0 Å². The average molecular weight is 520 g/mol. The molecule has 2 N–H and O–H groups in total. The average Bonchev–Trinajstić information content (AvgIpc) is 2.77. The molecule has 0 aromatic heterocycles. The standard InChI is InChI=1S/C20H41NO12S/c1-34(24,25)21-3-5-27-7-9-29-11-13-31-15-17-33-19-18-32-16-14-30-12-10-28-8-6-26-4-2-20(22)23/h21H,2-19H2,1H3,(H,22,23). The Hall–Kier alpha value is -0.940. The predicted molar refractivity (Wildman–Crippen MR) is 122 cm³/mol. The number of hydrogen-bond acceptors (Lipinski definition) is 11. The van der Waals surface area contributed by atoms with Gasteiger partial charge >= 0.3 is 5.97 Å². The molecule has 0 radical (unpaired) electrons. The Morgan fingerprint density at radius 2 is 0.824 bits per heavy atom. The van der Waals surface area contributed by atoms with Crippen LogP contribution >= 0.6 is 0 Å². The summed E-state index contributed by atoms with van der Waals surface area (Å²) in [4.78, 5) is 10.3. The van der Waals surface area contributed by atoms with Crippen molar-refractivity contribution in [3.8, 4) is 0 Å². The van der Waals surface area contributed by atoms with Crippen molar-refractivity contribution in [1.82, 2.24) is 4.72 Å². The van der Waals surface area contributed by atoms with Gasteiger partial charge in [-0.15, -0.1) is 0 Å². The number of hydrogen-bond donors (Lipinski definition) is 2. The zero-order valence-electron chi connectivity index (χ0n) is 20.1. The Balaban J connectivity index is 3.06. The van der Waals surface area contributed by atoms with E-state index in [2.05, 4.69) is 4.72 Å². The van der Waals surface area contributed by atoms with E-state index in [0.717, 1.165) is 6.26 Å². The first-order valence-electron chi connectivity index (χ1n) is 11.2. The lowest BCUT2D eigenvalue weighted by atomic mass is 10.5. The van der Waals surface area contributed by atoms with Crippen LogP contribution in [0.1, 0.15) is 6.42 Å². The summed E-state index contributed by atoms with van der Waals surface area (Å²) in [6.45, 7) is 6.88. The van der Waals surface area contributed by atoms with E-state index >= 15 is 0 Å². The summed E-state index contributed by atoms with van der Waals surface area (Å²) < 4.78 is 66.4. The molecule has 0 amide bonds. The van der Waals surface area contributed by atoms with Gasteiger partial charge in [0.1, 0.15) is 0 Å². The maximum absolute atomic E-state index is 10.8. The molecule has 0 atom stereocenters. The fourth-order valence-electron chi connectivity index (χ4n) is 2.10. The first-order valence-corrected chi connectivity index (χ1v) is 13.1. The number of aliphatic carboxylic acids is 1. The van der Waals surface area contributed by atoms with E-state index in [4.69, 9.17) is 43.0 Å². The van der Waals surface area contributed by atoms with E-state index in [1.54, 1.807) is 0 Å². The molecular weight excluding hydrogens is 478 g/mol. The molecular formula is C20H41NO12S. The summed E-state index contributed by atoms with van der Waals surface area (Å²) in [5.74, 6) is -0.879. The van der Waals surface area contributed by atoms with Crippen molar-refractivity contribution in [2.24, 2.45) is 0 Å². The van der Waals surface area contributed by atoms with Gasteiger partial charge in [-0.2, -0.15) is 0 Å². The van der Waals surface area contributed by atoms with Gasteiger partial charge in [-0.1, -0.05) is 0 Å². The third-order valence-electron chi connectivity index (χ3n) is 3.67. The maximum atomic E-state index is 10.8. The highest BCUT2D eigenvalue weighted by molar-refractivity contribution is 7.88. The summed E-state index contributed by atoms with van der Waals surface area (Å²) in [5, 5.41) is 8.45. The lowest BCUT2D eigenvalue weighted by Gasteiger charge is -2.08. The number of carboxylic acid groups (broad SMARTS) is 1. The number of carbonyl (C=O) groups is 1. The molecule has 0 bridgehead atoms. The maximum Gasteiger partial charge on any atom is 0.305 e. The molecule has 0 aliphatic rings. The minimum absolute atomic E-state index is 0.00651. The van der Waals surface area contributed by atoms with Crippen LogP contribution in [0.3, 0.4) is 0 Å². The van der Waals surface area contributed by atoms with Gasteiger partial charge in [0.25, 0.3) is 0 Å². The van der Waals surface area contributed by atoms with Crippen LogP contribution in [-0.2, 0) is 52.7 Å². The highest BCUT2D eigenvalue weighted by atomic mass is 32.2. The molecule has 0 aliphatic heterocycles. The Morgan fingerprint density at radius 1 is 0.559 bits per heavy atom. The van der Waals surface area contributed by atoms with Crippen LogP contribution in [0.4, 0.5) is 0 Å². The summed E-state index contributed by atoms with van der Waals surface area (Å²) in [7, 11) is -3.17. The molecule has 204 valence electrons. The third-order valence-corrected chi connectivity index (χ3v) is 4.40. The van der Waals surface area contributed by atoms with Crippen LogP contribution in [0.25, 0.3) is 0 Å². The SMILES string of the molecule is CS(=O)(=O)NCCOCCOCCOCCOCCOCCOCCOCCOCCC(=O)O. The van der Waals surface area contributed by atoms with Crippen molar-refractivity contribution in [3.05, 3.63) is 0 Å². The number of nitrogens with one attached hydrogen (secondary N) is 1. The highest BCUT2D eigenvalue weighted by Crippen LogP contribution is 1.87. The van der Waals surface area contributed by atoms with E-state index < -0.39 is 16.0 Å². The second kappa shape index (κ2) is 25.2. The zero-order chi connectivity index (χ0) is 25.2. The third kappa shape index (κ3) is 31.1. The molecule has 0 aromatic carbocycles. The number of rotatable bonds is 28. The van der Waals surface area contributed by atoms with Crippen molar-refractivity contribution in [2.45, 2.75) is 6.42 Å². The van der Waals surface area contributed by atoms with Crippen LogP contribution in [0.5, 0.6) is 0 Å². The molecule has 0 spiro atoms. The molecule has 0 rings (SSSR count). The normalized spacial score (nSPS) is 11.8. The number of carboxylic acids is 1. The van der Waals surface area contributed by atoms with Crippen LogP contribution in [0, 0.1) is 0 Å². The predicted octanol–water partition coefficient (Wildman–Crippen LogP) is -0.857. The van der Waals surface area contributed by atoms with Gasteiger partial charge in [-0.25, -0.2) is 13.1 Å². The van der Waals surface area contributed by atoms with E-state index in [9.17, 15) is 13.2 Å². The minimum atomic E-state index is -3.17. The van der Waals surface area contributed by atoms with Crippen LogP contribution in [0.2, 0.25) is 0 Å².